The second-order valence-corrected chi connectivity index (χ2v) is 7.09. The Morgan fingerprint density at radius 1 is 1.47 bits per heavy atom. The van der Waals surface area contributed by atoms with E-state index in [9.17, 15) is 8.42 Å². The van der Waals surface area contributed by atoms with Crippen molar-refractivity contribution in [3.63, 3.8) is 0 Å². The highest BCUT2D eigenvalue weighted by atomic mass is 32.2. The van der Waals surface area contributed by atoms with Crippen LogP contribution in [0.15, 0.2) is 21.9 Å². The maximum Gasteiger partial charge on any atom is 0.236 e. The van der Waals surface area contributed by atoms with E-state index in [0.717, 1.165) is 16.3 Å². The number of hydrogen-bond acceptors (Lipinski definition) is 5. The van der Waals surface area contributed by atoms with Crippen molar-refractivity contribution in [2.45, 2.75) is 20.3 Å². The van der Waals surface area contributed by atoms with E-state index in [1.54, 1.807) is 18.3 Å². The number of oxazole rings is 1. The molecule has 19 heavy (non-hydrogen) atoms. The monoisotopic (exact) mass is 300 g/mol. The van der Waals surface area contributed by atoms with Gasteiger partial charge in [0.15, 0.2) is 0 Å². The quantitative estimate of drug-likeness (QED) is 0.887. The number of thiophene rings is 1. The summed E-state index contributed by atoms with van der Waals surface area (Å²) in [6.07, 6.45) is 0.528. The normalized spacial score (nSPS) is 11.9. The minimum atomic E-state index is -3.15. The third-order valence-corrected chi connectivity index (χ3v) is 4.95. The van der Waals surface area contributed by atoms with Crippen LogP contribution in [0, 0.1) is 6.92 Å². The van der Waals surface area contributed by atoms with Crippen molar-refractivity contribution in [1.29, 1.82) is 0 Å². The first-order valence-electron chi connectivity index (χ1n) is 5.99. The second-order valence-electron chi connectivity index (χ2n) is 4.05. The molecule has 0 aliphatic heterocycles. The molecular formula is C12H16N2O3S2. The summed E-state index contributed by atoms with van der Waals surface area (Å²) in [6, 6.07) is 3.88. The zero-order valence-electron chi connectivity index (χ0n) is 10.8. The molecule has 104 valence electrons. The fourth-order valence-corrected chi connectivity index (χ4v) is 2.86. The number of sulfonamides is 1. The van der Waals surface area contributed by atoms with Crippen molar-refractivity contribution in [2.75, 3.05) is 12.3 Å². The molecule has 0 atom stereocenters. The molecule has 5 nitrogen and oxygen atoms in total. The lowest BCUT2D eigenvalue weighted by Crippen LogP contribution is -2.27. The van der Waals surface area contributed by atoms with Gasteiger partial charge < -0.3 is 4.42 Å². The molecule has 0 radical (unpaired) electrons. The largest absolute Gasteiger partial charge is 0.440 e. The lowest BCUT2D eigenvalue weighted by molar-refractivity contribution is 0.540. The fraction of sp³-hybridized carbons (Fsp3) is 0.417. The minimum absolute atomic E-state index is 0.0885. The molecule has 2 rings (SSSR count). The first-order chi connectivity index (χ1) is 9.02. The van der Waals surface area contributed by atoms with Crippen molar-refractivity contribution in [1.82, 2.24) is 9.71 Å². The molecule has 0 saturated carbocycles. The Bertz CT molecular complexity index is 630. The summed E-state index contributed by atoms with van der Waals surface area (Å²) >= 11 is 1.56. The SMILES string of the molecule is CCS(=O)(=O)NCCc1nc(-c2cccs2)oc1C. The van der Waals surface area contributed by atoms with Gasteiger partial charge in [-0.05, 0) is 25.3 Å². The third kappa shape index (κ3) is 3.65. The first kappa shape index (κ1) is 14.2. The number of hydrogen-bond donors (Lipinski definition) is 1. The van der Waals surface area contributed by atoms with E-state index in [0.29, 0.717) is 18.9 Å². The summed E-state index contributed by atoms with van der Waals surface area (Å²) in [5.41, 5.74) is 0.794. The van der Waals surface area contributed by atoms with Crippen LogP contribution in [0.25, 0.3) is 10.8 Å². The molecule has 2 heterocycles. The summed E-state index contributed by atoms with van der Waals surface area (Å²) in [4.78, 5) is 5.38. The number of aromatic nitrogens is 1. The summed E-state index contributed by atoms with van der Waals surface area (Å²) in [6.45, 7) is 3.79. The number of rotatable bonds is 6. The van der Waals surface area contributed by atoms with E-state index in [1.165, 1.54) is 0 Å². The van der Waals surface area contributed by atoms with E-state index in [4.69, 9.17) is 4.42 Å². The molecule has 0 amide bonds. The zero-order valence-corrected chi connectivity index (χ0v) is 12.5. The highest BCUT2D eigenvalue weighted by molar-refractivity contribution is 7.89. The smallest absolute Gasteiger partial charge is 0.236 e. The maximum atomic E-state index is 11.3. The Labute approximate surface area is 116 Å². The molecule has 0 fully saturated rings. The van der Waals surface area contributed by atoms with Crippen molar-refractivity contribution in [3.05, 3.63) is 29.0 Å². The lowest BCUT2D eigenvalue weighted by atomic mass is 10.3. The van der Waals surface area contributed by atoms with Crippen LogP contribution in [0.4, 0.5) is 0 Å². The lowest BCUT2D eigenvalue weighted by Gasteiger charge is -2.02. The van der Waals surface area contributed by atoms with Crippen LogP contribution < -0.4 is 4.72 Å². The van der Waals surface area contributed by atoms with Crippen LogP contribution in [-0.2, 0) is 16.4 Å². The van der Waals surface area contributed by atoms with E-state index in [1.807, 2.05) is 24.4 Å². The van der Waals surface area contributed by atoms with Crippen LogP contribution in [0.3, 0.4) is 0 Å². The summed E-state index contributed by atoms with van der Waals surface area (Å²) < 4.78 is 30.7. The molecular weight excluding hydrogens is 284 g/mol. The highest BCUT2D eigenvalue weighted by Crippen LogP contribution is 2.25. The average molecular weight is 300 g/mol. The predicted octanol–water partition coefficient (Wildman–Crippen LogP) is 2.19. The van der Waals surface area contributed by atoms with Gasteiger partial charge in [0.1, 0.15) is 5.76 Å². The molecule has 0 spiro atoms. The molecule has 0 unspecified atom stereocenters. The first-order valence-corrected chi connectivity index (χ1v) is 8.52. The van der Waals surface area contributed by atoms with E-state index in [2.05, 4.69) is 9.71 Å². The predicted molar refractivity (Wildman–Crippen MR) is 75.7 cm³/mol. The van der Waals surface area contributed by atoms with Crippen LogP contribution in [0.5, 0.6) is 0 Å². The van der Waals surface area contributed by atoms with Crippen LogP contribution >= 0.6 is 11.3 Å². The van der Waals surface area contributed by atoms with E-state index < -0.39 is 10.0 Å². The molecule has 0 aliphatic rings. The van der Waals surface area contributed by atoms with Gasteiger partial charge in [-0.1, -0.05) is 6.07 Å². The molecule has 0 bridgehead atoms. The molecule has 2 aromatic rings. The topological polar surface area (TPSA) is 72.2 Å². The maximum absolute atomic E-state index is 11.3. The van der Waals surface area contributed by atoms with Crippen molar-refractivity contribution in [3.8, 4) is 10.8 Å². The molecule has 0 aliphatic carbocycles. The van der Waals surface area contributed by atoms with Gasteiger partial charge in [0.05, 0.1) is 16.3 Å². The van der Waals surface area contributed by atoms with Gasteiger partial charge in [0, 0.05) is 13.0 Å². The van der Waals surface area contributed by atoms with Gasteiger partial charge in [-0.15, -0.1) is 11.3 Å². The molecule has 2 aromatic heterocycles. The Morgan fingerprint density at radius 2 is 2.26 bits per heavy atom. The third-order valence-electron chi connectivity index (χ3n) is 2.69. The highest BCUT2D eigenvalue weighted by Gasteiger charge is 2.13. The van der Waals surface area contributed by atoms with Crippen molar-refractivity contribution >= 4 is 21.4 Å². The minimum Gasteiger partial charge on any atom is -0.440 e. The zero-order chi connectivity index (χ0) is 13.9. The van der Waals surface area contributed by atoms with Crippen LogP contribution in [0.2, 0.25) is 0 Å². The average Bonchev–Trinajstić information content (AvgIpc) is 2.99. The van der Waals surface area contributed by atoms with Crippen LogP contribution in [-0.4, -0.2) is 25.7 Å². The molecule has 0 saturated heterocycles. The van der Waals surface area contributed by atoms with Crippen molar-refractivity contribution in [2.24, 2.45) is 0 Å². The number of aryl methyl sites for hydroxylation is 1. The van der Waals surface area contributed by atoms with Gasteiger partial charge in [0.25, 0.3) is 0 Å². The molecule has 1 N–H and O–H groups in total. The Morgan fingerprint density at radius 3 is 2.89 bits per heavy atom. The number of nitrogens with zero attached hydrogens (tertiary/aromatic N) is 1. The number of nitrogens with one attached hydrogen (secondary N) is 1. The standard InChI is InChI=1S/C12H16N2O3S2/c1-3-19(15,16)13-7-6-10-9(2)17-12(14-10)11-5-4-8-18-11/h4-5,8,13H,3,6-7H2,1-2H3. The Hall–Kier alpha value is -1.18. The molecule has 0 aromatic carbocycles. The fourth-order valence-electron chi connectivity index (χ4n) is 1.59. The van der Waals surface area contributed by atoms with E-state index >= 15 is 0 Å². The van der Waals surface area contributed by atoms with Gasteiger partial charge in [-0.2, -0.15) is 0 Å². The van der Waals surface area contributed by atoms with Gasteiger partial charge in [-0.25, -0.2) is 18.1 Å². The van der Waals surface area contributed by atoms with E-state index in [-0.39, 0.29) is 5.75 Å². The Kier molecular flexibility index (Phi) is 4.38. The van der Waals surface area contributed by atoms with Gasteiger partial charge in [-0.3, -0.25) is 0 Å². The van der Waals surface area contributed by atoms with Crippen LogP contribution in [0.1, 0.15) is 18.4 Å². The van der Waals surface area contributed by atoms with Gasteiger partial charge in [0.2, 0.25) is 15.9 Å². The van der Waals surface area contributed by atoms with Gasteiger partial charge >= 0.3 is 0 Å². The summed E-state index contributed by atoms with van der Waals surface area (Å²) in [5.74, 6) is 1.42. The summed E-state index contributed by atoms with van der Waals surface area (Å²) in [7, 11) is -3.15. The summed E-state index contributed by atoms with van der Waals surface area (Å²) in [5, 5.41) is 1.96. The Balaban J connectivity index is 2.02. The second kappa shape index (κ2) is 5.85. The molecule has 7 heteroatoms. The van der Waals surface area contributed by atoms with Crippen molar-refractivity contribution < 1.29 is 12.8 Å².